The van der Waals surface area contributed by atoms with Gasteiger partial charge in [-0.25, -0.2) is 0 Å². The second kappa shape index (κ2) is 13.8. The van der Waals surface area contributed by atoms with Gasteiger partial charge in [-0.2, -0.15) is 16.8 Å². The molecular weight excluding hydrogens is 576 g/mol. The van der Waals surface area contributed by atoms with Crippen molar-refractivity contribution in [3.05, 3.63) is 21.1 Å². The summed E-state index contributed by atoms with van der Waals surface area (Å²) in [7, 11) is -6.96. The average molecular weight is 600 g/mol. The number of hydrogen-bond acceptors (Lipinski definition) is 10. The van der Waals surface area contributed by atoms with Crippen LogP contribution >= 0.6 is 31.9 Å². The lowest BCUT2D eigenvalue weighted by atomic mass is 10.3. The van der Waals surface area contributed by atoms with Crippen molar-refractivity contribution in [1.82, 2.24) is 0 Å². The van der Waals surface area contributed by atoms with Gasteiger partial charge in [0.2, 0.25) is 0 Å². The summed E-state index contributed by atoms with van der Waals surface area (Å²) in [6.07, 6.45) is 1.94. The van der Waals surface area contributed by atoms with Crippen LogP contribution in [0.5, 0.6) is 11.5 Å². The topological polar surface area (TPSA) is 124 Å². The third kappa shape index (κ3) is 13.7. The van der Waals surface area contributed by atoms with Crippen molar-refractivity contribution in [2.24, 2.45) is 0 Å². The highest BCUT2D eigenvalue weighted by atomic mass is 79.9. The fraction of sp³-hybridized carbons (Fsp3) is 0.625. The molecule has 0 radical (unpaired) electrons. The minimum absolute atomic E-state index is 0.0632. The molecule has 0 saturated heterocycles. The van der Waals surface area contributed by atoms with E-state index < -0.39 is 20.2 Å². The molecule has 0 fully saturated rings. The first kappa shape index (κ1) is 27.6. The van der Waals surface area contributed by atoms with Crippen LogP contribution in [0.4, 0.5) is 0 Å². The van der Waals surface area contributed by atoms with E-state index in [-0.39, 0.29) is 52.9 Å². The van der Waals surface area contributed by atoms with Crippen molar-refractivity contribution in [2.45, 2.75) is 0 Å². The van der Waals surface area contributed by atoms with E-state index in [1.807, 2.05) is 0 Å². The van der Waals surface area contributed by atoms with E-state index in [4.69, 9.17) is 18.9 Å². The molecule has 0 spiro atoms. The van der Waals surface area contributed by atoms with Crippen molar-refractivity contribution in [3.63, 3.8) is 0 Å². The molecule has 30 heavy (non-hydrogen) atoms. The smallest absolute Gasteiger partial charge is 0.264 e. The van der Waals surface area contributed by atoms with Gasteiger partial charge < -0.3 is 18.9 Å². The van der Waals surface area contributed by atoms with E-state index in [1.165, 1.54) is 0 Å². The summed E-state index contributed by atoms with van der Waals surface area (Å²) >= 11 is 6.79. The molecule has 0 saturated carbocycles. The first-order valence-corrected chi connectivity index (χ1v) is 13.8. The zero-order valence-corrected chi connectivity index (χ0v) is 21.3. The molecule has 174 valence electrons. The second-order valence-electron chi connectivity index (χ2n) is 5.69. The third-order valence-electron chi connectivity index (χ3n) is 3.01. The maximum Gasteiger partial charge on any atom is 0.264 e. The van der Waals surface area contributed by atoms with Crippen LogP contribution < -0.4 is 9.47 Å². The first-order valence-electron chi connectivity index (χ1n) is 8.57. The monoisotopic (exact) mass is 598 g/mol. The Kier molecular flexibility index (Phi) is 12.7. The van der Waals surface area contributed by atoms with E-state index >= 15 is 0 Å². The Morgan fingerprint density at radius 3 is 1.30 bits per heavy atom. The molecule has 0 aliphatic carbocycles. The van der Waals surface area contributed by atoms with Crippen molar-refractivity contribution in [2.75, 3.05) is 65.4 Å². The van der Waals surface area contributed by atoms with Gasteiger partial charge in [-0.3, -0.25) is 8.37 Å². The Hall–Kier alpha value is -0.480. The van der Waals surface area contributed by atoms with Crippen molar-refractivity contribution >= 4 is 52.1 Å². The van der Waals surface area contributed by atoms with Crippen LogP contribution in [0.15, 0.2) is 21.1 Å². The lowest BCUT2D eigenvalue weighted by Crippen LogP contribution is -2.14. The molecule has 0 aliphatic rings. The van der Waals surface area contributed by atoms with Gasteiger partial charge in [-0.05, 0) is 44.0 Å². The van der Waals surface area contributed by atoms with Gasteiger partial charge in [0.05, 0.1) is 52.2 Å². The standard InChI is InChI=1S/C16H24Br2O10S2/c1-29(19,20)27-9-5-23-3-7-25-15-11-13(17)14(18)12-16(15)26-8-4-24-6-10-28-30(2,21)22/h11-12H,3-10H2,1-2H3. The van der Waals surface area contributed by atoms with Gasteiger partial charge in [0.1, 0.15) is 13.2 Å². The van der Waals surface area contributed by atoms with Crippen molar-refractivity contribution in [1.29, 1.82) is 0 Å². The Morgan fingerprint density at radius 1 is 0.633 bits per heavy atom. The molecular formula is C16H24Br2O10S2. The molecule has 0 aromatic heterocycles. The Bertz CT molecular complexity index is 788. The van der Waals surface area contributed by atoms with Crippen LogP contribution in [-0.2, 0) is 38.1 Å². The summed E-state index contributed by atoms with van der Waals surface area (Å²) in [5.41, 5.74) is 0. The SMILES string of the molecule is CS(=O)(=O)OCCOCCOc1cc(Br)c(Br)cc1OCCOCCOS(C)(=O)=O. The molecule has 0 unspecified atom stereocenters. The summed E-state index contributed by atoms with van der Waals surface area (Å²) in [4.78, 5) is 0. The number of ether oxygens (including phenoxy) is 4. The van der Waals surface area contributed by atoms with Crippen LogP contribution in [0.2, 0.25) is 0 Å². The fourth-order valence-electron chi connectivity index (χ4n) is 1.85. The summed E-state index contributed by atoms with van der Waals surface area (Å²) in [6, 6.07) is 3.46. The largest absolute Gasteiger partial charge is 0.487 e. The maximum atomic E-state index is 10.8. The molecule has 1 rings (SSSR count). The molecule has 1 aromatic carbocycles. The molecule has 14 heteroatoms. The lowest BCUT2D eigenvalue weighted by molar-refractivity contribution is 0.0714. The van der Waals surface area contributed by atoms with Gasteiger partial charge in [0.15, 0.2) is 11.5 Å². The summed E-state index contributed by atoms with van der Waals surface area (Å²) in [5, 5.41) is 0. The highest BCUT2D eigenvalue weighted by Gasteiger charge is 2.10. The molecule has 0 aliphatic heterocycles. The lowest BCUT2D eigenvalue weighted by Gasteiger charge is -2.14. The number of benzene rings is 1. The van der Waals surface area contributed by atoms with Gasteiger partial charge in [-0.1, -0.05) is 0 Å². The highest BCUT2D eigenvalue weighted by molar-refractivity contribution is 9.13. The third-order valence-corrected chi connectivity index (χ3v) is 6.04. The van der Waals surface area contributed by atoms with Crippen LogP contribution in [0.3, 0.4) is 0 Å². The number of hydrogen-bond donors (Lipinski definition) is 0. The summed E-state index contributed by atoms with van der Waals surface area (Å²) < 4.78 is 75.8. The van der Waals surface area contributed by atoms with Gasteiger partial charge in [0.25, 0.3) is 20.2 Å². The zero-order chi connectivity index (χ0) is 22.6. The van der Waals surface area contributed by atoms with Gasteiger partial charge >= 0.3 is 0 Å². The Morgan fingerprint density at radius 2 is 0.967 bits per heavy atom. The number of halogens is 2. The van der Waals surface area contributed by atoms with Crippen molar-refractivity contribution < 1.29 is 44.1 Å². The van der Waals surface area contributed by atoms with Crippen LogP contribution in [0.1, 0.15) is 0 Å². The van der Waals surface area contributed by atoms with Crippen molar-refractivity contribution in [3.8, 4) is 11.5 Å². The Labute approximate surface area is 193 Å². The Balaban J connectivity index is 2.36. The molecule has 0 amide bonds. The minimum Gasteiger partial charge on any atom is -0.487 e. The quantitative estimate of drug-likeness (QED) is 0.206. The van der Waals surface area contributed by atoms with E-state index in [0.29, 0.717) is 11.5 Å². The number of rotatable bonds is 16. The second-order valence-corrected chi connectivity index (χ2v) is 10.7. The molecule has 0 atom stereocenters. The predicted molar refractivity (Wildman–Crippen MR) is 116 cm³/mol. The maximum absolute atomic E-state index is 10.8. The normalized spacial score (nSPS) is 12.1. The van der Waals surface area contributed by atoms with E-state index in [0.717, 1.165) is 21.5 Å². The molecule has 10 nitrogen and oxygen atoms in total. The zero-order valence-electron chi connectivity index (χ0n) is 16.5. The predicted octanol–water partition coefficient (Wildman–Crippen LogP) is 1.95. The molecule has 0 N–H and O–H groups in total. The molecule has 1 aromatic rings. The average Bonchev–Trinajstić information content (AvgIpc) is 2.61. The van der Waals surface area contributed by atoms with E-state index in [1.54, 1.807) is 12.1 Å². The van der Waals surface area contributed by atoms with Crippen LogP contribution in [0, 0.1) is 0 Å². The fourth-order valence-corrected chi connectivity index (χ4v) is 3.24. The van der Waals surface area contributed by atoms with Gasteiger partial charge in [-0.15, -0.1) is 0 Å². The molecule has 0 bridgehead atoms. The van der Waals surface area contributed by atoms with Crippen LogP contribution in [0.25, 0.3) is 0 Å². The van der Waals surface area contributed by atoms with E-state index in [2.05, 4.69) is 40.2 Å². The highest BCUT2D eigenvalue weighted by Crippen LogP contribution is 2.36. The first-order chi connectivity index (χ1) is 14.0. The van der Waals surface area contributed by atoms with Gasteiger partial charge in [0, 0.05) is 8.95 Å². The summed E-state index contributed by atoms with van der Waals surface area (Å²) in [5.74, 6) is 0.947. The minimum atomic E-state index is -3.48. The van der Waals surface area contributed by atoms with E-state index in [9.17, 15) is 16.8 Å². The van der Waals surface area contributed by atoms with Crippen LogP contribution in [-0.4, -0.2) is 82.2 Å². The summed E-state index contributed by atoms with van der Waals surface area (Å²) in [6.45, 7) is 0.978. The molecule has 0 heterocycles.